The number of amides is 1. The second-order valence-electron chi connectivity index (χ2n) is 5.33. The predicted octanol–water partition coefficient (Wildman–Crippen LogP) is 1.93. The Hall–Kier alpha value is -2.44. The lowest BCUT2D eigenvalue weighted by Gasteiger charge is -2.27. The van der Waals surface area contributed by atoms with Crippen LogP contribution in [0.3, 0.4) is 0 Å². The SMILES string of the molecule is CCOC(=O)C(C)(NC(=O)C(C)c1cccc(F)c1)C(=O)OCC. The largest absolute Gasteiger partial charge is 0.464 e. The first-order chi connectivity index (χ1) is 11.3. The van der Waals surface area contributed by atoms with E-state index in [1.165, 1.54) is 25.1 Å². The molecular formula is C17H22FNO5. The number of halogens is 1. The van der Waals surface area contributed by atoms with Crippen molar-refractivity contribution in [2.75, 3.05) is 13.2 Å². The second kappa shape index (κ2) is 8.42. The van der Waals surface area contributed by atoms with Gasteiger partial charge in [0.05, 0.1) is 19.1 Å². The monoisotopic (exact) mass is 339 g/mol. The van der Waals surface area contributed by atoms with Gasteiger partial charge in [-0.25, -0.2) is 14.0 Å². The Morgan fingerprint density at radius 2 is 1.71 bits per heavy atom. The van der Waals surface area contributed by atoms with Crippen molar-refractivity contribution in [2.24, 2.45) is 0 Å². The summed E-state index contributed by atoms with van der Waals surface area (Å²) in [5.41, 5.74) is -1.55. The molecule has 1 unspecified atom stereocenters. The van der Waals surface area contributed by atoms with E-state index >= 15 is 0 Å². The molecule has 1 aromatic carbocycles. The third-order valence-electron chi connectivity index (χ3n) is 3.48. The highest BCUT2D eigenvalue weighted by atomic mass is 19.1. The summed E-state index contributed by atoms with van der Waals surface area (Å²) in [6.07, 6.45) is 0. The maximum atomic E-state index is 13.3. The lowest BCUT2D eigenvalue weighted by atomic mass is 9.96. The second-order valence-corrected chi connectivity index (χ2v) is 5.33. The molecule has 0 saturated carbocycles. The first kappa shape index (κ1) is 19.6. The average Bonchev–Trinajstić information content (AvgIpc) is 2.54. The van der Waals surface area contributed by atoms with Crippen LogP contribution in [0.25, 0.3) is 0 Å². The molecule has 132 valence electrons. The number of nitrogens with one attached hydrogen (secondary N) is 1. The highest BCUT2D eigenvalue weighted by Gasteiger charge is 2.46. The van der Waals surface area contributed by atoms with Crippen LogP contribution >= 0.6 is 0 Å². The quantitative estimate of drug-likeness (QED) is 0.606. The van der Waals surface area contributed by atoms with Crippen LogP contribution in [0.15, 0.2) is 24.3 Å². The summed E-state index contributed by atoms with van der Waals surface area (Å²) in [4.78, 5) is 36.7. The number of ether oxygens (including phenoxy) is 2. The number of carbonyl (C=O) groups is 3. The van der Waals surface area contributed by atoms with Crippen molar-refractivity contribution < 1.29 is 28.2 Å². The van der Waals surface area contributed by atoms with Crippen LogP contribution in [-0.2, 0) is 23.9 Å². The van der Waals surface area contributed by atoms with Gasteiger partial charge in [-0.15, -0.1) is 0 Å². The molecule has 0 heterocycles. The zero-order valence-corrected chi connectivity index (χ0v) is 14.2. The molecule has 1 atom stereocenters. The molecule has 1 aromatic rings. The van der Waals surface area contributed by atoms with Crippen LogP contribution < -0.4 is 5.32 Å². The highest BCUT2D eigenvalue weighted by Crippen LogP contribution is 2.19. The van der Waals surface area contributed by atoms with E-state index in [1.807, 2.05) is 0 Å². The minimum Gasteiger partial charge on any atom is -0.464 e. The Bertz CT molecular complexity index is 599. The summed E-state index contributed by atoms with van der Waals surface area (Å²) in [5.74, 6) is -3.70. The normalized spacial score (nSPS) is 12.2. The van der Waals surface area contributed by atoms with Gasteiger partial charge in [-0.1, -0.05) is 12.1 Å². The number of rotatable bonds is 7. The molecule has 0 aliphatic heterocycles. The summed E-state index contributed by atoms with van der Waals surface area (Å²) < 4.78 is 23.0. The lowest BCUT2D eigenvalue weighted by molar-refractivity contribution is -0.167. The van der Waals surface area contributed by atoms with Gasteiger partial charge in [-0.05, 0) is 45.4 Å². The first-order valence-corrected chi connectivity index (χ1v) is 7.68. The maximum Gasteiger partial charge on any atom is 0.343 e. The molecule has 1 N–H and O–H groups in total. The van der Waals surface area contributed by atoms with Crippen LogP contribution in [0.5, 0.6) is 0 Å². The van der Waals surface area contributed by atoms with Crippen molar-refractivity contribution >= 4 is 17.8 Å². The summed E-state index contributed by atoms with van der Waals surface area (Å²) >= 11 is 0. The summed E-state index contributed by atoms with van der Waals surface area (Å²) in [7, 11) is 0. The van der Waals surface area contributed by atoms with Gasteiger partial charge < -0.3 is 14.8 Å². The molecule has 0 aliphatic rings. The molecule has 0 radical (unpaired) electrons. The Labute approximate surface area is 140 Å². The van der Waals surface area contributed by atoms with Crippen molar-refractivity contribution in [1.82, 2.24) is 5.32 Å². The molecule has 1 amide bonds. The Morgan fingerprint density at radius 3 is 2.17 bits per heavy atom. The van der Waals surface area contributed by atoms with Crippen LogP contribution in [-0.4, -0.2) is 36.6 Å². The fourth-order valence-electron chi connectivity index (χ4n) is 2.02. The third kappa shape index (κ3) is 4.53. The topological polar surface area (TPSA) is 81.7 Å². The fraction of sp³-hybridized carbons (Fsp3) is 0.471. The molecule has 0 spiro atoms. The van der Waals surface area contributed by atoms with Gasteiger partial charge in [0.25, 0.3) is 0 Å². The van der Waals surface area contributed by atoms with Gasteiger partial charge in [0.1, 0.15) is 5.82 Å². The minimum atomic E-state index is -1.97. The molecular weight excluding hydrogens is 317 g/mol. The highest BCUT2D eigenvalue weighted by molar-refractivity contribution is 6.07. The van der Waals surface area contributed by atoms with Crippen LogP contribution in [0.4, 0.5) is 4.39 Å². The van der Waals surface area contributed by atoms with Crippen molar-refractivity contribution in [3.63, 3.8) is 0 Å². The van der Waals surface area contributed by atoms with E-state index in [0.717, 1.165) is 0 Å². The van der Waals surface area contributed by atoms with Crippen molar-refractivity contribution in [3.05, 3.63) is 35.6 Å². The lowest BCUT2D eigenvalue weighted by Crippen LogP contribution is -2.60. The van der Waals surface area contributed by atoms with Gasteiger partial charge in [0.2, 0.25) is 11.4 Å². The molecule has 6 nitrogen and oxygen atoms in total. The number of carbonyl (C=O) groups excluding carboxylic acids is 3. The van der Waals surface area contributed by atoms with Gasteiger partial charge in [-0.3, -0.25) is 4.79 Å². The number of benzene rings is 1. The van der Waals surface area contributed by atoms with Gasteiger partial charge >= 0.3 is 11.9 Å². The molecule has 0 aromatic heterocycles. The zero-order chi connectivity index (χ0) is 18.3. The van der Waals surface area contributed by atoms with Gasteiger partial charge in [-0.2, -0.15) is 0 Å². The van der Waals surface area contributed by atoms with Crippen molar-refractivity contribution in [2.45, 2.75) is 39.2 Å². The van der Waals surface area contributed by atoms with Gasteiger partial charge in [0, 0.05) is 0 Å². The Balaban J connectivity index is 3.02. The third-order valence-corrected chi connectivity index (χ3v) is 3.48. The van der Waals surface area contributed by atoms with E-state index < -0.39 is 35.1 Å². The van der Waals surface area contributed by atoms with Gasteiger partial charge in [0.15, 0.2) is 0 Å². The Morgan fingerprint density at radius 1 is 1.17 bits per heavy atom. The summed E-state index contributed by atoms with van der Waals surface area (Å²) in [6.45, 7) is 6.02. The van der Waals surface area contributed by atoms with E-state index in [4.69, 9.17) is 9.47 Å². The molecule has 0 fully saturated rings. The maximum absolute atomic E-state index is 13.3. The average molecular weight is 339 g/mol. The molecule has 0 aliphatic carbocycles. The summed E-state index contributed by atoms with van der Waals surface area (Å²) in [5, 5.41) is 2.37. The molecule has 0 bridgehead atoms. The van der Waals surface area contributed by atoms with E-state index in [9.17, 15) is 18.8 Å². The Kier molecular flexibility index (Phi) is 6.88. The van der Waals surface area contributed by atoms with Crippen molar-refractivity contribution in [1.29, 1.82) is 0 Å². The number of hydrogen-bond acceptors (Lipinski definition) is 5. The molecule has 7 heteroatoms. The molecule has 0 saturated heterocycles. The van der Waals surface area contributed by atoms with Crippen LogP contribution in [0.2, 0.25) is 0 Å². The van der Waals surface area contributed by atoms with Crippen molar-refractivity contribution in [3.8, 4) is 0 Å². The number of esters is 2. The molecule has 1 rings (SSSR count). The van der Waals surface area contributed by atoms with E-state index in [0.29, 0.717) is 5.56 Å². The first-order valence-electron chi connectivity index (χ1n) is 7.68. The summed E-state index contributed by atoms with van der Waals surface area (Å²) in [6, 6.07) is 5.54. The van der Waals surface area contributed by atoms with Crippen LogP contribution in [0.1, 0.15) is 39.2 Å². The number of hydrogen-bond donors (Lipinski definition) is 1. The van der Waals surface area contributed by atoms with E-state index in [1.54, 1.807) is 26.8 Å². The fourth-order valence-corrected chi connectivity index (χ4v) is 2.02. The smallest absolute Gasteiger partial charge is 0.343 e. The van der Waals surface area contributed by atoms with Crippen LogP contribution in [0, 0.1) is 5.82 Å². The predicted molar refractivity (Wildman–Crippen MR) is 84.6 cm³/mol. The zero-order valence-electron chi connectivity index (χ0n) is 14.2. The minimum absolute atomic E-state index is 0.0448. The standard InChI is InChI=1S/C17H22FNO5/c1-5-23-15(21)17(4,16(22)24-6-2)19-14(20)11(3)12-8-7-9-13(18)10-12/h7-11H,5-6H2,1-4H3,(H,19,20). The van der Waals surface area contributed by atoms with E-state index in [-0.39, 0.29) is 13.2 Å². The molecule has 24 heavy (non-hydrogen) atoms. The van der Waals surface area contributed by atoms with E-state index in [2.05, 4.69) is 5.32 Å².